The molecule has 1 rings (SSSR count). The van der Waals surface area contributed by atoms with Gasteiger partial charge in [-0.3, -0.25) is 0 Å². The summed E-state index contributed by atoms with van der Waals surface area (Å²) in [5.74, 6) is 0.848. The molecule has 102 valence electrons. The van der Waals surface area contributed by atoms with Crippen LogP contribution in [0.2, 0.25) is 0 Å². The number of ether oxygens (including phenoxy) is 1. The van der Waals surface area contributed by atoms with E-state index < -0.39 is 6.10 Å². The van der Waals surface area contributed by atoms with Gasteiger partial charge in [-0.2, -0.15) is 0 Å². The van der Waals surface area contributed by atoms with E-state index in [-0.39, 0.29) is 12.0 Å². The molecule has 0 spiro atoms. The Balaban J connectivity index is 3.03. The lowest BCUT2D eigenvalue weighted by molar-refractivity contribution is 0.151. The fraction of sp³-hybridized carbons (Fsp3) is 0.600. The highest BCUT2D eigenvalue weighted by atomic mass is 16.5. The molecule has 0 saturated carbocycles. The van der Waals surface area contributed by atoms with Crippen LogP contribution >= 0.6 is 0 Å². The third kappa shape index (κ3) is 3.72. The van der Waals surface area contributed by atoms with Gasteiger partial charge in [-0.1, -0.05) is 26.8 Å². The summed E-state index contributed by atoms with van der Waals surface area (Å²) in [5.41, 5.74) is 1.94. The quantitative estimate of drug-likeness (QED) is 0.847. The molecule has 0 radical (unpaired) electrons. The van der Waals surface area contributed by atoms with Gasteiger partial charge in [-0.05, 0) is 41.5 Å². The summed E-state index contributed by atoms with van der Waals surface area (Å²) in [6.07, 6.45) is 0.661. The molecule has 0 aliphatic carbocycles. The molecule has 0 fully saturated rings. The normalized spacial score (nSPS) is 13.4. The highest BCUT2D eigenvalue weighted by Gasteiger charge is 2.20. The molecule has 0 bridgehead atoms. The summed E-state index contributed by atoms with van der Waals surface area (Å²) < 4.78 is 5.37. The Hall–Kier alpha value is -1.06. The first-order valence-corrected chi connectivity index (χ1v) is 6.37. The number of benzene rings is 1. The van der Waals surface area contributed by atoms with E-state index in [1.165, 1.54) is 0 Å². The second kappa shape index (κ2) is 6.21. The Morgan fingerprint density at radius 2 is 1.94 bits per heavy atom. The maximum absolute atomic E-state index is 10.1. The second-order valence-electron chi connectivity index (χ2n) is 5.59. The van der Waals surface area contributed by atoms with Crippen molar-refractivity contribution in [3.63, 3.8) is 0 Å². The van der Waals surface area contributed by atoms with Gasteiger partial charge in [0, 0.05) is 6.61 Å². The van der Waals surface area contributed by atoms with E-state index in [0.717, 1.165) is 16.9 Å². The first kappa shape index (κ1) is 15.0. The number of aliphatic hydroxyl groups is 2. The van der Waals surface area contributed by atoms with Gasteiger partial charge in [-0.15, -0.1) is 0 Å². The maximum Gasteiger partial charge on any atom is 0.122 e. The Morgan fingerprint density at radius 1 is 1.28 bits per heavy atom. The largest absolute Gasteiger partial charge is 0.496 e. The molecular weight excluding hydrogens is 228 g/mol. The van der Waals surface area contributed by atoms with Crippen molar-refractivity contribution in [2.24, 2.45) is 0 Å². The number of rotatable bonds is 5. The molecule has 0 amide bonds. The summed E-state index contributed by atoms with van der Waals surface area (Å²) in [6, 6.07) is 5.79. The molecule has 0 saturated heterocycles. The molecule has 0 heterocycles. The van der Waals surface area contributed by atoms with Crippen molar-refractivity contribution < 1.29 is 14.9 Å². The molecular formula is C15H24O3. The molecule has 1 aromatic rings. The fourth-order valence-corrected chi connectivity index (χ4v) is 1.97. The molecule has 2 N–H and O–H groups in total. The number of hydrogen-bond donors (Lipinski definition) is 2. The fourth-order valence-electron chi connectivity index (χ4n) is 1.97. The minimum absolute atomic E-state index is 0.0297. The first-order chi connectivity index (χ1) is 8.40. The van der Waals surface area contributed by atoms with E-state index in [2.05, 4.69) is 20.8 Å². The van der Waals surface area contributed by atoms with Gasteiger partial charge < -0.3 is 14.9 Å². The van der Waals surface area contributed by atoms with Crippen LogP contribution in [0.5, 0.6) is 5.75 Å². The van der Waals surface area contributed by atoms with Crippen molar-refractivity contribution in [2.45, 2.75) is 45.1 Å². The summed E-state index contributed by atoms with van der Waals surface area (Å²) >= 11 is 0. The van der Waals surface area contributed by atoms with E-state index in [0.29, 0.717) is 12.8 Å². The minimum atomic E-state index is -0.524. The number of methoxy groups -OCH3 is 1. The van der Waals surface area contributed by atoms with Crippen molar-refractivity contribution in [3.05, 3.63) is 29.3 Å². The lowest BCUT2D eigenvalue weighted by Gasteiger charge is -2.24. The van der Waals surface area contributed by atoms with Gasteiger partial charge in [0.05, 0.1) is 13.2 Å². The SMILES string of the molecule is COc1ccc(C(O)CCCO)cc1C(C)(C)C. The predicted octanol–water partition coefficient (Wildman–Crippen LogP) is 2.80. The van der Waals surface area contributed by atoms with Gasteiger partial charge in [0.25, 0.3) is 0 Å². The topological polar surface area (TPSA) is 49.7 Å². The highest BCUT2D eigenvalue weighted by molar-refractivity contribution is 5.42. The van der Waals surface area contributed by atoms with Crippen LogP contribution in [0, 0.1) is 0 Å². The highest BCUT2D eigenvalue weighted by Crippen LogP contribution is 2.34. The average Bonchev–Trinajstić information content (AvgIpc) is 2.34. The zero-order valence-electron chi connectivity index (χ0n) is 11.7. The van der Waals surface area contributed by atoms with Crippen molar-refractivity contribution in [1.29, 1.82) is 0 Å². The van der Waals surface area contributed by atoms with Gasteiger partial charge in [0.1, 0.15) is 5.75 Å². The van der Waals surface area contributed by atoms with E-state index in [1.54, 1.807) is 7.11 Å². The average molecular weight is 252 g/mol. The van der Waals surface area contributed by atoms with E-state index >= 15 is 0 Å². The Kier molecular flexibility index (Phi) is 5.17. The summed E-state index contributed by atoms with van der Waals surface area (Å²) in [5, 5.41) is 18.9. The molecule has 0 aromatic heterocycles. The maximum atomic E-state index is 10.1. The van der Waals surface area contributed by atoms with Crippen LogP contribution in [-0.4, -0.2) is 23.9 Å². The molecule has 3 heteroatoms. The minimum Gasteiger partial charge on any atom is -0.496 e. The van der Waals surface area contributed by atoms with Crippen molar-refractivity contribution >= 4 is 0 Å². The summed E-state index contributed by atoms with van der Waals surface area (Å²) in [7, 11) is 1.66. The van der Waals surface area contributed by atoms with Crippen molar-refractivity contribution in [3.8, 4) is 5.75 Å². The zero-order valence-corrected chi connectivity index (χ0v) is 11.7. The Bertz CT molecular complexity index is 380. The van der Waals surface area contributed by atoms with E-state index in [1.807, 2.05) is 18.2 Å². The predicted molar refractivity (Wildman–Crippen MR) is 73.0 cm³/mol. The molecule has 0 aliphatic rings. The molecule has 3 nitrogen and oxygen atoms in total. The summed E-state index contributed by atoms with van der Waals surface area (Å²) in [6.45, 7) is 6.47. The van der Waals surface area contributed by atoms with Crippen molar-refractivity contribution in [2.75, 3.05) is 13.7 Å². The zero-order chi connectivity index (χ0) is 13.8. The second-order valence-corrected chi connectivity index (χ2v) is 5.59. The summed E-state index contributed by atoms with van der Waals surface area (Å²) in [4.78, 5) is 0. The first-order valence-electron chi connectivity index (χ1n) is 6.37. The Morgan fingerprint density at radius 3 is 2.44 bits per heavy atom. The Labute approximate surface area is 109 Å². The van der Waals surface area contributed by atoms with Crippen LogP contribution in [0.4, 0.5) is 0 Å². The van der Waals surface area contributed by atoms with Crippen LogP contribution in [0.1, 0.15) is 50.8 Å². The molecule has 1 unspecified atom stereocenters. The third-order valence-electron chi connectivity index (χ3n) is 3.05. The lowest BCUT2D eigenvalue weighted by atomic mass is 9.84. The molecule has 1 aromatic carbocycles. The van der Waals surface area contributed by atoms with Crippen molar-refractivity contribution in [1.82, 2.24) is 0 Å². The van der Waals surface area contributed by atoms with Crippen LogP contribution < -0.4 is 4.74 Å². The van der Waals surface area contributed by atoms with Gasteiger partial charge in [0.2, 0.25) is 0 Å². The van der Waals surface area contributed by atoms with Gasteiger partial charge >= 0.3 is 0 Å². The number of aliphatic hydroxyl groups excluding tert-OH is 2. The molecule has 0 aliphatic heterocycles. The van der Waals surface area contributed by atoms with Gasteiger partial charge in [-0.25, -0.2) is 0 Å². The van der Waals surface area contributed by atoms with E-state index in [4.69, 9.17) is 9.84 Å². The van der Waals surface area contributed by atoms with Crippen LogP contribution in [-0.2, 0) is 5.41 Å². The van der Waals surface area contributed by atoms with E-state index in [9.17, 15) is 5.11 Å². The van der Waals surface area contributed by atoms with Crippen LogP contribution in [0.15, 0.2) is 18.2 Å². The van der Waals surface area contributed by atoms with Gasteiger partial charge in [0.15, 0.2) is 0 Å². The lowest BCUT2D eigenvalue weighted by Crippen LogP contribution is -2.14. The third-order valence-corrected chi connectivity index (χ3v) is 3.05. The molecule has 18 heavy (non-hydrogen) atoms. The molecule has 1 atom stereocenters. The van der Waals surface area contributed by atoms with Crippen LogP contribution in [0.25, 0.3) is 0 Å². The standard InChI is InChI=1S/C15H24O3/c1-15(2,3)12-10-11(7-8-14(12)18-4)13(17)6-5-9-16/h7-8,10,13,16-17H,5-6,9H2,1-4H3. The van der Waals surface area contributed by atoms with Crippen LogP contribution in [0.3, 0.4) is 0 Å². The monoisotopic (exact) mass is 252 g/mol. The number of hydrogen-bond acceptors (Lipinski definition) is 3. The smallest absolute Gasteiger partial charge is 0.122 e.